The molecule has 1 aromatic rings. The van der Waals surface area contributed by atoms with Crippen LogP contribution >= 0.6 is 0 Å². The van der Waals surface area contributed by atoms with Crippen molar-refractivity contribution in [1.29, 1.82) is 0 Å². The van der Waals surface area contributed by atoms with Crippen LogP contribution in [0.5, 0.6) is 0 Å². The summed E-state index contributed by atoms with van der Waals surface area (Å²) in [6, 6.07) is 9.71. The summed E-state index contributed by atoms with van der Waals surface area (Å²) in [4.78, 5) is 37.5. The van der Waals surface area contributed by atoms with Gasteiger partial charge in [0.05, 0.1) is 6.61 Å². The van der Waals surface area contributed by atoms with Gasteiger partial charge in [-0.1, -0.05) is 30.3 Å². The van der Waals surface area contributed by atoms with Gasteiger partial charge in [-0.2, -0.15) is 0 Å². The predicted octanol–water partition coefficient (Wildman–Crippen LogP) is 2.76. The number of Topliss-reactive ketones (excluding diaryl/α,β-unsaturated/α-hetero) is 1. The molecule has 1 heterocycles. The number of carbonyl (C=O) groups is 3. The monoisotopic (exact) mass is 405 g/mol. The number of esters is 1. The van der Waals surface area contributed by atoms with Crippen LogP contribution in [-0.4, -0.2) is 50.3 Å². The number of methoxy groups -OCH3 is 1. The summed E-state index contributed by atoms with van der Waals surface area (Å²) in [5, 5.41) is 2.64. The number of nitrogens with one attached hydrogen (secondary N) is 1. The van der Waals surface area contributed by atoms with Crippen molar-refractivity contribution in [3.05, 3.63) is 35.9 Å². The van der Waals surface area contributed by atoms with Gasteiger partial charge in [0.15, 0.2) is 5.78 Å². The molecule has 0 spiro atoms. The van der Waals surface area contributed by atoms with Crippen molar-refractivity contribution in [2.45, 2.75) is 39.2 Å². The lowest BCUT2D eigenvalue weighted by Gasteiger charge is -2.23. The Hall–Kier alpha value is -2.41. The fourth-order valence-electron chi connectivity index (χ4n) is 3.39. The number of alkyl carbamates (subject to hydrolysis) is 1. The van der Waals surface area contributed by atoms with E-state index >= 15 is 0 Å². The molecule has 1 aliphatic heterocycles. The van der Waals surface area contributed by atoms with Gasteiger partial charge in [-0.05, 0) is 39.2 Å². The Morgan fingerprint density at radius 2 is 1.93 bits per heavy atom. The minimum absolute atomic E-state index is 0.0823. The number of rotatable bonds is 9. The van der Waals surface area contributed by atoms with Crippen molar-refractivity contribution in [2.24, 2.45) is 17.8 Å². The molecular formula is C22H31NO6. The summed E-state index contributed by atoms with van der Waals surface area (Å²) < 4.78 is 15.6. The van der Waals surface area contributed by atoms with Crippen LogP contribution < -0.4 is 5.32 Å². The van der Waals surface area contributed by atoms with Crippen LogP contribution in [0.4, 0.5) is 4.79 Å². The smallest absolute Gasteiger partial charge is 0.407 e. The zero-order valence-corrected chi connectivity index (χ0v) is 17.6. The number of carbonyl (C=O) groups excluding carboxylic acids is 3. The van der Waals surface area contributed by atoms with E-state index in [0.717, 1.165) is 5.56 Å². The van der Waals surface area contributed by atoms with E-state index < -0.39 is 29.5 Å². The predicted molar refractivity (Wildman–Crippen MR) is 107 cm³/mol. The Morgan fingerprint density at radius 1 is 1.24 bits per heavy atom. The topological polar surface area (TPSA) is 90.9 Å². The number of cyclic esters (lactones) is 1. The Kier molecular flexibility index (Phi) is 8.20. The second-order valence-electron chi connectivity index (χ2n) is 8.32. The first-order chi connectivity index (χ1) is 13.7. The molecule has 160 valence electrons. The highest BCUT2D eigenvalue weighted by Crippen LogP contribution is 2.29. The van der Waals surface area contributed by atoms with Gasteiger partial charge in [-0.15, -0.1) is 0 Å². The number of benzene rings is 1. The summed E-state index contributed by atoms with van der Waals surface area (Å²) >= 11 is 0. The van der Waals surface area contributed by atoms with Gasteiger partial charge in [0, 0.05) is 32.1 Å². The molecule has 1 aromatic carbocycles. The third-order valence-corrected chi connectivity index (χ3v) is 4.78. The number of hydrogen-bond acceptors (Lipinski definition) is 6. The highest BCUT2D eigenvalue weighted by molar-refractivity contribution is 6.01. The van der Waals surface area contributed by atoms with E-state index in [4.69, 9.17) is 14.2 Å². The van der Waals surface area contributed by atoms with E-state index in [2.05, 4.69) is 5.32 Å². The molecular weight excluding hydrogens is 374 g/mol. The number of hydrogen-bond donors (Lipinski definition) is 1. The van der Waals surface area contributed by atoms with Gasteiger partial charge in [-0.3, -0.25) is 9.59 Å². The highest BCUT2D eigenvalue weighted by Gasteiger charge is 2.44. The van der Waals surface area contributed by atoms with Crippen molar-refractivity contribution in [2.75, 3.05) is 26.9 Å². The van der Waals surface area contributed by atoms with Crippen LogP contribution in [0.3, 0.4) is 0 Å². The zero-order chi connectivity index (χ0) is 21.4. The summed E-state index contributed by atoms with van der Waals surface area (Å²) in [5.74, 6) is -2.32. The molecule has 7 heteroatoms. The van der Waals surface area contributed by atoms with Crippen LogP contribution in [0.2, 0.25) is 0 Å². The largest absolute Gasteiger partial charge is 0.465 e. The maximum Gasteiger partial charge on any atom is 0.407 e. The first kappa shape index (κ1) is 22.9. The van der Waals surface area contributed by atoms with E-state index in [9.17, 15) is 14.4 Å². The maximum atomic E-state index is 13.2. The van der Waals surface area contributed by atoms with Gasteiger partial charge < -0.3 is 19.5 Å². The van der Waals surface area contributed by atoms with Crippen LogP contribution in [0, 0.1) is 17.8 Å². The average Bonchev–Trinajstić information content (AvgIpc) is 3.01. The van der Waals surface area contributed by atoms with Crippen LogP contribution in [0.25, 0.3) is 0 Å². The lowest BCUT2D eigenvalue weighted by Crippen LogP contribution is -2.41. The lowest BCUT2D eigenvalue weighted by atomic mass is 9.81. The molecule has 1 saturated heterocycles. The second-order valence-corrected chi connectivity index (χ2v) is 8.32. The standard InChI is InChI=1S/C22H31NO6/c1-22(2,3)29-21(26)23-13-16(10-11-27-4)19(24)18-17(14-28-20(18)25)12-15-8-6-5-7-9-15/h5-9,16-18H,10-14H2,1-4H3,(H,23,26)/t16-,17+,18?/m1/s1. The van der Waals surface area contributed by atoms with Gasteiger partial charge >= 0.3 is 12.1 Å². The molecule has 2 rings (SSSR count). The summed E-state index contributed by atoms with van der Waals surface area (Å²) in [7, 11) is 1.55. The third-order valence-electron chi connectivity index (χ3n) is 4.78. The molecule has 0 radical (unpaired) electrons. The first-order valence-electron chi connectivity index (χ1n) is 9.91. The van der Waals surface area contributed by atoms with E-state index in [0.29, 0.717) is 19.4 Å². The van der Waals surface area contributed by atoms with Gasteiger partial charge in [-0.25, -0.2) is 4.79 Å². The van der Waals surface area contributed by atoms with Crippen LogP contribution in [-0.2, 0) is 30.2 Å². The van der Waals surface area contributed by atoms with Crippen molar-refractivity contribution >= 4 is 17.8 Å². The number of ketones is 1. The van der Waals surface area contributed by atoms with Gasteiger partial charge in [0.1, 0.15) is 11.5 Å². The number of amides is 1. The van der Waals surface area contributed by atoms with Crippen molar-refractivity contribution in [1.82, 2.24) is 5.32 Å². The molecule has 7 nitrogen and oxygen atoms in total. The van der Waals surface area contributed by atoms with Crippen molar-refractivity contribution < 1.29 is 28.6 Å². The fraction of sp³-hybridized carbons (Fsp3) is 0.591. The molecule has 0 aromatic heterocycles. The molecule has 1 amide bonds. The van der Waals surface area contributed by atoms with Crippen molar-refractivity contribution in [3.8, 4) is 0 Å². The zero-order valence-electron chi connectivity index (χ0n) is 17.6. The molecule has 0 aliphatic carbocycles. The van der Waals surface area contributed by atoms with Crippen LogP contribution in [0.15, 0.2) is 30.3 Å². The molecule has 1 fully saturated rings. The normalized spacial score (nSPS) is 20.1. The molecule has 0 bridgehead atoms. The Balaban J connectivity index is 2.06. The Morgan fingerprint density at radius 3 is 2.55 bits per heavy atom. The first-order valence-corrected chi connectivity index (χ1v) is 9.91. The minimum atomic E-state index is -0.836. The van der Waals surface area contributed by atoms with E-state index in [-0.39, 0.29) is 24.9 Å². The molecule has 0 saturated carbocycles. The highest BCUT2D eigenvalue weighted by atomic mass is 16.6. The molecule has 1 unspecified atom stereocenters. The molecule has 3 atom stereocenters. The minimum Gasteiger partial charge on any atom is -0.465 e. The quantitative estimate of drug-likeness (QED) is 0.502. The van der Waals surface area contributed by atoms with E-state index in [1.165, 1.54) is 0 Å². The fourth-order valence-corrected chi connectivity index (χ4v) is 3.39. The average molecular weight is 405 g/mol. The van der Waals surface area contributed by atoms with Gasteiger partial charge in [0.25, 0.3) is 0 Å². The second kappa shape index (κ2) is 10.4. The summed E-state index contributed by atoms with van der Waals surface area (Å²) in [5.41, 5.74) is 0.417. The lowest BCUT2D eigenvalue weighted by molar-refractivity contribution is -0.146. The van der Waals surface area contributed by atoms with E-state index in [1.807, 2.05) is 30.3 Å². The Labute approximate surface area is 172 Å². The van der Waals surface area contributed by atoms with Crippen molar-refractivity contribution in [3.63, 3.8) is 0 Å². The molecule has 1 N–H and O–H groups in total. The van der Waals surface area contributed by atoms with Gasteiger partial charge in [0.2, 0.25) is 0 Å². The maximum absolute atomic E-state index is 13.2. The Bertz CT molecular complexity index is 697. The summed E-state index contributed by atoms with van der Waals surface area (Å²) in [6.45, 7) is 5.95. The molecule has 29 heavy (non-hydrogen) atoms. The van der Waals surface area contributed by atoms with E-state index in [1.54, 1.807) is 27.9 Å². The SMILES string of the molecule is COCC[C@H](CNC(=O)OC(C)(C)C)C(=O)C1C(=O)OC[C@@H]1Cc1ccccc1. The van der Waals surface area contributed by atoms with Crippen LogP contribution in [0.1, 0.15) is 32.8 Å². The molecule has 1 aliphatic rings. The number of ether oxygens (including phenoxy) is 3. The summed E-state index contributed by atoms with van der Waals surface area (Å²) in [6.07, 6.45) is 0.384. The third kappa shape index (κ3) is 7.16.